The zero-order valence-electron chi connectivity index (χ0n) is 18.0. The molecule has 0 atom stereocenters. The summed E-state index contributed by atoms with van der Waals surface area (Å²) in [7, 11) is 0. The van der Waals surface area contributed by atoms with Gasteiger partial charge in [0.15, 0.2) is 6.61 Å². The number of barbiturate groups is 1. The van der Waals surface area contributed by atoms with Crippen LogP contribution < -0.4 is 20.3 Å². The number of amides is 5. The van der Waals surface area contributed by atoms with Gasteiger partial charge in [0.25, 0.3) is 17.7 Å². The molecule has 3 aromatic carbocycles. The third kappa shape index (κ3) is 5.59. The molecule has 2 N–H and O–H groups in total. The van der Waals surface area contributed by atoms with E-state index < -0.39 is 17.8 Å². The van der Waals surface area contributed by atoms with Crippen LogP contribution in [0, 0.1) is 0 Å². The second kappa shape index (κ2) is 10.5. The summed E-state index contributed by atoms with van der Waals surface area (Å²) in [4.78, 5) is 51.2. The maximum atomic E-state index is 13.2. The molecule has 0 bridgehead atoms. The average Bonchev–Trinajstić information content (AvgIpc) is 2.83. The van der Waals surface area contributed by atoms with Gasteiger partial charge >= 0.3 is 6.03 Å². The largest absolute Gasteiger partial charge is 0.483 e. The molecule has 0 radical (unpaired) electrons. The lowest BCUT2D eigenvalue weighted by Crippen LogP contribution is -2.54. The third-order valence-corrected chi connectivity index (χ3v) is 5.70. The van der Waals surface area contributed by atoms with Crippen molar-refractivity contribution < 1.29 is 23.9 Å². The van der Waals surface area contributed by atoms with Crippen LogP contribution in [-0.2, 0) is 14.4 Å². The van der Waals surface area contributed by atoms with Gasteiger partial charge in [-0.25, -0.2) is 9.69 Å². The van der Waals surface area contributed by atoms with E-state index >= 15 is 0 Å². The second-order valence-corrected chi connectivity index (χ2v) is 8.62. The van der Waals surface area contributed by atoms with Crippen LogP contribution >= 0.6 is 27.5 Å². The predicted molar refractivity (Wildman–Crippen MR) is 135 cm³/mol. The molecule has 176 valence electrons. The molecule has 1 fully saturated rings. The van der Waals surface area contributed by atoms with Gasteiger partial charge in [-0.05, 0) is 48.5 Å². The number of hydrogen-bond donors (Lipinski definition) is 2. The molecule has 10 heteroatoms. The lowest BCUT2D eigenvalue weighted by atomic mass is 10.1. The molecule has 8 nitrogen and oxygen atoms in total. The Morgan fingerprint density at radius 2 is 1.74 bits per heavy atom. The molecule has 1 aliphatic heterocycles. The molecule has 0 aliphatic carbocycles. The van der Waals surface area contributed by atoms with Crippen molar-refractivity contribution in [1.29, 1.82) is 0 Å². The molecule has 0 aromatic heterocycles. The number of benzene rings is 3. The molecule has 1 heterocycles. The second-order valence-electron chi connectivity index (χ2n) is 7.29. The van der Waals surface area contributed by atoms with Crippen LogP contribution in [0.25, 0.3) is 6.08 Å². The lowest BCUT2D eigenvalue weighted by Gasteiger charge is -2.27. The first-order valence-corrected chi connectivity index (χ1v) is 11.4. The first kappa shape index (κ1) is 24.2. The van der Waals surface area contributed by atoms with Crippen LogP contribution in [-0.4, -0.2) is 30.4 Å². The monoisotopic (exact) mass is 553 g/mol. The average molecular weight is 555 g/mol. The molecule has 5 amide bonds. The molecule has 1 saturated heterocycles. The number of urea groups is 1. The SMILES string of the molecule is O=C(COc1ccc(Br)cc1/C=C1\C(=O)NC(=O)N(c2ccccc2Cl)C1=O)Nc1ccccc1. The number of halogens is 2. The first-order chi connectivity index (χ1) is 16.8. The van der Waals surface area contributed by atoms with Crippen molar-refractivity contribution in [2.45, 2.75) is 0 Å². The zero-order valence-corrected chi connectivity index (χ0v) is 20.3. The minimum Gasteiger partial charge on any atom is -0.483 e. The first-order valence-electron chi connectivity index (χ1n) is 10.3. The van der Waals surface area contributed by atoms with E-state index in [0.717, 1.165) is 4.90 Å². The Hall–Kier alpha value is -3.95. The summed E-state index contributed by atoms with van der Waals surface area (Å²) in [6, 6.07) is 19.2. The van der Waals surface area contributed by atoms with Gasteiger partial charge in [-0.15, -0.1) is 0 Å². The Labute approximate surface area is 213 Å². The van der Waals surface area contributed by atoms with E-state index in [1.165, 1.54) is 18.2 Å². The van der Waals surface area contributed by atoms with Crippen LogP contribution in [0.15, 0.2) is 82.8 Å². The van der Waals surface area contributed by atoms with Gasteiger partial charge in [0, 0.05) is 15.7 Å². The third-order valence-electron chi connectivity index (χ3n) is 4.88. The van der Waals surface area contributed by atoms with Crippen molar-refractivity contribution in [2.24, 2.45) is 0 Å². The lowest BCUT2D eigenvalue weighted by molar-refractivity contribution is -0.122. The number of carbonyl (C=O) groups is 4. The fraction of sp³-hybridized carbons (Fsp3) is 0.0400. The van der Waals surface area contributed by atoms with Crippen molar-refractivity contribution in [3.8, 4) is 5.75 Å². The maximum Gasteiger partial charge on any atom is 0.335 e. The Bertz CT molecular complexity index is 1360. The van der Waals surface area contributed by atoms with Crippen molar-refractivity contribution in [3.63, 3.8) is 0 Å². The fourth-order valence-corrected chi connectivity index (χ4v) is 3.89. The van der Waals surface area contributed by atoms with E-state index in [1.54, 1.807) is 54.6 Å². The van der Waals surface area contributed by atoms with Gasteiger partial charge in [0.1, 0.15) is 11.3 Å². The molecule has 0 unspecified atom stereocenters. The van der Waals surface area contributed by atoms with Gasteiger partial charge in [0.2, 0.25) is 0 Å². The molecule has 0 saturated carbocycles. The van der Waals surface area contributed by atoms with E-state index in [0.29, 0.717) is 15.7 Å². The number of anilines is 2. The zero-order chi connectivity index (χ0) is 24.9. The Morgan fingerprint density at radius 3 is 2.49 bits per heavy atom. The van der Waals surface area contributed by atoms with Gasteiger partial charge in [0.05, 0.1) is 10.7 Å². The molecular formula is C25H17BrClN3O5. The van der Waals surface area contributed by atoms with E-state index in [9.17, 15) is 19.2 Å². The number of carbonyl (C=O) groups excluding carboxylic acids is 4. The van der Waals surface area contributed by atoms with Gasteiger partial charge in [-0.2, -0.15) is 0 Å². The highest BCUT2D eigenvalue weighted by Crippen LogP contribution is 2.31. The standard InChI is InChI=1S/C25H17BrClN3O5/c26-16-10-11-21(35-14-22(31)28-17-6-2-1-3-7-17)15(12-16)13-18-23(32)29-25(34)30(24(18)33)20-9-5-4-8-19(20)27/h1-13H,14H2,(H,28,31)(H,29,32,34)/b18-13+. The van der Waals surface area contributed by atoms with Crippen LogP contribution in [0.2, 0.25) is 5.02 Å². The summed E-state index contributed by atoms with van der Waals surface area (Å²) in [6.07, 6.45) is 1.29. The van der Waals surface area contributed by atoms with E-state index in [2.05, 4.69) is 26.6 Å². The van der Waals surface area contributed by atoms with E-state index in [4.69, 9.17) is 16.3 Å². The van der Waals surface area contributed by atoms with Crippen LogP contribution in [0.5, 0.6) is 5.75 Å². The number of ether oxygens (including phenoxy) is 1. The molecule has 4 rings (SSSR count). The normalized spacial score (nSPS) is 14.6. The van der Waals surface area contributed by atoms with Gasteiger partial charge in [-0.3, -0.25) is 19.7 Å². The van der Waals surface area contributed by atoms with Gasteiger partial charge in [-0.1, -0.05) is 57.9 Å². The Kier molecular flexibility index (Phi) is 7.28. The van der Waals surface area contributed by atoms with Crippen LogP contribution in [0.4, 0.5) is 16.2 Å². The summed E-state index contributed by atoms with van der Waals surface area (Å²) in [6.45, 7) is -0.308. The summed E-state index contributed by atoms with van der Waals surface area (Å²) in [5.74, 6) is -1.85. The van der Waals surface area contributed by atoms with Crippen molar-refractivity contribution in [2.75, 3.05) is 16.8 Å². The smallest absolute Gasteiger partial charge is 0.335 e. The Morgan fingerprint density at radius 1 is 1.03 bits per heavy atom. The molecular weight excluding hydrogens is 538 g/mol. The molecule has 3 aromatic rings. The number of rotatable bonds is 6. The highest BCUT2D eigenvalue weighted by atomic mass is 79.9. The molecule has 1 aliphatic rings. The minimum atomic E-state index is -0.909. The number of nitrogens with zero attached hydrogens (tertiary/aromatic N) is 1. The van der Waals surface area contributed by atoms with Crippen molar-refractivity contribution in [1.82, 2.24) is 5.32 Å². The quantitative estimate of drug-likeness (QED) is 0.337. The highest BCUT2D eigenvalue weighted by molar-refractivity contribution is 9.10. The van der Waals surface area contributed by atoms with Crippen LogP contribution in [0.3, 0.4) is 0 Å². The summed E-state index contributed by atoms with van der Waals surface area (Å²) in [5.41, 5.74) is 0.798. The minimum absolute atomic E-state index is 0.137. The summed E-state index contributed by atoms with van der Waals surface area (Å²) in [5, 5.41) is 5.03. The number of nitrogens with one attached hydrogen (secondary N) is 2. The summed E-state index contributed by atoms with van der Waals surface area (Å²) >= 11 is 9.52. The van der Waals surface area contributed by atoms with Gasteiger partial charge < -0.3 is 10.1 Å². The fourth-order valence-electron chi connectivity index (χ4n) is 3.29. The topological polar surface area (TPSA) is 105 Å². The number of imide groups is 2. The molecule has 0 spiro atoms. The maximum absolute atomic E-state index is 13.2. The predicted octanol–water partition coefficient (Wildman–Crippen LogP) is 4.79. The highest BCUT2D eigenvalue weighted by Gasteiger charge is 2.37. The summed E-state index contributed by atoms with van der Waals surface area (Å²) < 4.78 is 6.31. The van der Waals surface area contributed by atoms with Crippen molar-refractivity contribution >= 4 is 68.7 Å². The number of para-hydroxylation sites is 2. The number of hydrogen-bond acceptors (Lipinski definition) is 5. The van der Waals surface area contributed by atoms with E-state index in [-0.39, 0.29) is 34.5 Å². The molecule has 35 heavy (non-hydrogen) atoms. The van der Waals surface area contributed by atoms with Crippen LogP contribution in [0.1, 0.15) is 5.56 Å². The van der Waals surface area contributed by atoms with E-state index in [1.807, 2.05) is 6.07 Å². The van der Waals surface area contributed by atoms with Crippen molar-refractivity contribution in [3.05, 3.63) is 93.4 Å². The Balaban J connectivity index is 1.60.